The minimum absolute atomic E-state index is 0.0440. The zero-order chi connectivity index (χ0) is 27.8. The molecule has 2 N–H and O–H groups in total. The Morgan fingerprint density at radius 1 is 1.10 bits per heavy atom. The predicted molar refractivity (Wildman–Crippen MR) is 141 cm³/mol. The van der Waals surface area contributed by atoms with E-state index >= 15 is 0 Å². The van der Waals surface area contributed by atoms with Crippen LogP contribution in [0.3, 0.4) is 0 Å². The lowest BCUT2D eigenvalue weighted by atomic mass is 9.94. The van der Waals surface area contributed by atoms with Crippen LogP contribution < -0.4 is 15.5 Å². The van der Waals surface area contributed by atoms with Crippen molar-refractivity contribution in [2.24, 2.45) is 5.73 Å². The van der Waals surface area contributed by atoms with Crippen molar-refractivity contribution in [2.45, 2.75) is 49.8 Å². The summed E-state index contributed by atoms with van der Waals surface area (Å²) in [6.07, 6.45) is 6.32. The second-order valence-electron chi connectivity index (χ2n) is 10.7. The van der Waals surface area contributed by atoms with E-state index in [2.05, 4.69) is 20.1 Å². The van der Waals surface area contributed by atoms with Gasteiger partial charge in [-0.1, -0.05) is 5.16 Å². The number of piperidine rings is 1. The van der Waals surface area contributed by atoms with Crippen molar-refractivity contribution < 1.29 is 22.8 Å². The van der Waals surface area contributed by atoms with Crippen LogP contribution in [0.25, 0.3) is 0 Å². The monoisotopic (exact) mass is 554 g/mol. The van der Waals surface area contributed by atoms with Crippen molar-refractivity contribution in [3.05, 3.63) is 59.2 Å². The Hall–Kier alpha value is -3.71. The summed E-state index contributed by atoms with van der Waals surface area (Å²) in [5.74, 6) is -0.565. The van der Waals surface area contributed by atoms with E-state index in [1.807, 2.05) is 9.80 Å². The van der Waals surface area contributed by atoms with Crippen LogP contribution >= 0.6 is 0 Å². The van der Waals surface area contributed by atoms with Gasteiger partial charge in [0.05, 0.1) is 5.56 Å². The topological polar surface area (TPSA) is 127 Å². The van der Waals surface area contributed by atoms with Gasteiger partial charge in [0, 0.05) is 70.2 Å². The lowest BCUT2D eigenvalue weighted by Gasteiger charge is -2.35. The van der Waals surface area contributed by atoms with Crippen LogP contribution in [-0.4, -0.2) is 82.8 Å². The number of hydrogen-bond donors (Lipinski definition) is 1. The van der Waals surface area contributed by atoms with Gasteiger partial charge in [-0.2, -0.15) is 4.98 Å². The van der Waals surface area contributed by atoms with Crippen LogP contribution in [0.2, 0.25) is 0 Å². The highest BCUT2D eigenvalue weighted by Gasteiger charge is 2.35. The summed E-state index contributed by atoms with van der Waals surface area (Å²) >= 11 is 0. The summed E-state index contributed by atoms with van der Waals surface area (Å²) in [5, 5.41) is 4.09. The third kappa shape index (κ3) is 5.22. The number of rotatable bonds is 6. The normalized spacial score (nSPS) is 23.6. The van der Waals surface area contributed by atoms with Gasteiger partial charge in [0.2, 0.25) is 11.8 Å². The molecule has 0 spiro atoms. The molecule has 1 aromatic carbocycles. The first-order chi connectivity index (χ1) is 19.4. The largest absolute Gasteiger partial charge is 0.370 e. The van der Waals surface area contributed by atoms with Crippen molar-refractivity contribution >= 4 is 17.9 Å². The fraction of sp³-hybridized carbons (Fsp3) is 0.519. The molecule has 6 rings (SSSR count). The molecular formula is C27H32F2N8O3. The number of ether oxygens (including phenoxy) is 1. The smallest absolute Gasteiger partial charge is 0.324 e. The van der Waals surface area contributed by atoms with Gasteiger partial charge in [0.15, 0.2) is 0 Å². The highest BCUT2D eigenvalue weighted by atomic mass is 19.1. The van der Waals surface area contributed by atoms with Gasteiger partial charge in [-0.05, 0) is 49.4 Å². The third-order valence-corrected chi connectivity index (χ3v) is 8.14. The standard InChI is InChI=1S/C27H32F2N8O3/c1-35(18-6-8-36(9-7-18)27-33-24(34-40-27)23-3-2-10-39-23)25(38)16-12-31-26(32-13-16)37-14-20(22(30)15-37)19-11-17(28)4-5-21(19)29/h4-5,11-13,18,20,22-23H,2-3,6-10,14-15,30H2,1H3. The Balaban J connectivity index is 1.04. The zero-order valence-corrected chi connectivity index (χ0v) is 22.2. The van der Waals surface area contributed by atoms with Gasteiger partial charge in [-0.3, -0.25) is 4.79 Å². The average molecular weight is 555 g/mol. The number of halogens is 2. The van der Waals surface area contributed by atoms with Crippen LogP contribution in [0, 0.1) is 11.6 Å². The van der Waals surface area contributed by atoms with Crippen molar-refractivity contribution in [3.8, 4) is 0 Å². The van der Waals surface area contributed by atoms with Crippen LogP contribution in [0.4, 0.5) is 20.7 Å². The van der Waals surface area contributed by atoms with Gasteiger partial charge in [-0.25, -0.2) is 18.7 Å². The molecule has 3 fully saturated rings. The molecule has 3 aliphatic rings. The SMILES string of the molecule is CN(C(=O)c1cnc(N2CC(N)C(c3cc(F)ccc3F)C2)nc1)C1CCN(c2nc(C3CCCO3)no2)CC1. The maximum atomic E-state index is 14.3. The first-order valence-electron chi connectivity index (χ1n) is 13.6. The van der Waals surface area contributed by atoms with Crippen LogP contribution in [0.15, 0.2) is 35.1 Å². The molecule has 0 aliphatic carbocycles. The maximum absolute atomic E-state index is 14.3. The molecule has 3 atom stereocenters. The number of carbonyl (C=O) groups excluding carboxylic acids is 1. The highest BCUT2D eigenvalue weighted by Crippen LogP contribution is 2.31. The van der Waals surface area contributed by atoms with Crippen LogP contribution in [0.5, 0.6) is 0 Å². The van der Waals surface area contributed by atoms with Crippen molar-refractivity contribution in [1.29, 1.82) is 0 Å². The molecule has 0 bridgehead atoms. The lowest BCUT2D eigenvalue weighted by molar-refractivity contribution is 0.0707. The number of benzene rings is 1. The molecule has 11 nitrogen and oxygen atoms in total. The molecule has 3 saturated heterocycles. The second-order valence-corrected chi connectivity index (χ2v) is 10.7. The molecule has 3 unspecified atom stereocenters. The first kappa shape index (κ1) is 26.5. The number of carbonyl (C=O) groups is 1. The van der Waals surface area contributed by atoms with Crippen LogP contribution in [0.1, 0.15) is 59.5 Å². The van der Waals surface area contributed by atoms with Gasteiger partial charge in [-0.15, -0.1) is 0 Å². The summed E-state index contributed by atoms with van der Waals surface area (Å²) < 4.78 is 39.2. The Labute approximate surface area is 230 Å². The number of hydrogen-bond acceptors (Lipinski definition) is 10. The van der Waals surface area contributed by atoms with Crippen molar-refractivity contribution in [1.82, 2.24) is 25.0 Å². The van der Waals surface area contributed by atoms with Gasteiger partial charge in [0.1, 0.15) is 17.7 Å². The maximum Gasteiger partial charge on any atom is 0.324 e. The average Bonchev–Trinajstić information content (AvgIpc) is 3.75. The predicted octanol–water partition coefficient (Wildman–Crippen LogP) is 2.66. The third-order valence-electron chi connectivity index (χ3n) is 8.14. The molecule has 2 aromatic heterocycles. The number of amides is 1. The molecule has 0 radical (unpaired) electrons. The van der Waals surface area contributed by atoms with Gasteiger partial charge >= 0.3 is 6.01 Å². The van der Waals surface area contributed by atoms with E-state index < -0.39 is 23.6 Å². The minimum Gasteiger partial charge on any atom is -0.370 e. The van der Waals surface area contributed by atoms with Gasteiger partial charge in [0.25, 0.3) is 5.91 Å². The van der Waals surface area contributed by atoms with E-state index in [0.717, 1.165) is 44.4 Å². The number of anilines is 2. The Morgan fingerprint density at radius 3 is 2.60 bits per heavy atom. The summed E-state index contributed by atoms with van der Waals surface area (Å²) in [6.45, 7) is 2.84. The first-order valence-corrected chi connectivity index (χ1v) is 13.6. The molecular weight excluding hydrogens is 522 g/mol. The molecule has 0 saturated carbocycles. The van der Waals surface area contributed by atoms with E-state index in [4.69, 9.17) is 15.0 Å². The summed E-state index contributed by atoms with van der Waals surface area (Å²) in [5.41, 5.74) is 6.89. The Kier molecular flexibility index (Phi) is 7.32. The van der Waals surface area contributed by atoms with Crippen molar-refractivity contribution in [3.63, 3.8) is 0 Å². The van der Waals surface area contributed by atoms with Gasteiger partial charge < -0.3 is 29.7 Å². The zero-order valence-electron chi connectivity index (χ0n) is 22.2. The fourth-order valence-corrected chi connectivity index (χ4v) is 5.80. The second kappa shape index (κ2) is 11.0. The van der Waals surface area contributed by atoms with Crippen LogP contribution in [-0.2, 0) is 4.74 Å². The molecule has 3 aromatic rings. The summed E-state index contributed by atoms with van der Waals surface area (Å²) in [4.78, 5) is 32.1. The van der Waals surface area contributed by atoms with E-state index in [-0.39, 0.29) is 23.6 Å². The Morgan fingerprint density at radius 2 is 1.88 bits per heavy atom. The molecule has 1 amide bonds. The highest BCUT2D eigenvalue weighted by molar-refractivity contribution is 5.93. The molecule has 40 heavy (non-hydrogen) atoms. The molecule has 13 heteroatoms. The van der Waals surface area contributed by atoms with E-state index in [9.17, 15) is 13.6 Å². The number of nitrogens with zero attached hydrogens (tertiary/aromatic N) is 7. The lowest BCUT2D eigenvalue weighted by Crippen LogP contribution is -2.45. The molecule has 3 aliphatic heterocycles. The fourth-order valence-electron chi connectivity index (χ4n) is 5.80. The molecule has 5 heterocycles. The summed E-state index contributed by atoms with van der Waals surface area (Å²) in [6, 6.07) is 3.52. The van der Waals surface area contributed by atoms with Crippen molar-refractivity contribution in [2.75, 3.05) is 49.6 Å². The van der Waals surface area contributed by atoms with E-state index in [1.165, 1.54) is 18.5 Å². The van der Waals surface area contributed by atoms with E-state index in [1.54, 1.807) is 11.9 Å². The Bertz CT molecular complexity index is 1340. The quantitative estimate of drug-likeness (QED) is 0.486. The minimum atomic E-state index is -0.505. The summed E-state index contributed by atoms with van der Waals surface area (Å²) in [7, 11) is 1.79. The number of nitrogens with two attached hydrogens (primary N) is 1. The number of aromatic nitrogens is 4. The van der Waals surface area contributed by atoms with E-state index in [0.29, 0.717) is 49.5 Å². The molecule has 212 valence electrons.